The van der Waals surface area contributed by atoms with E-state index in [1.807, 2.05) is 6.07 Å². The molecule has 0 atom stereocenters. The number of sulfone groups is 1. The Labute approximate surface area is 193 Å². The van der Waals surface area contributed by atoms with Gasteiger partial charge in [-0.2, -0.15) is 0 Å². The predicted octanol–water partition coefficient (Wildman–Crippen LogP) is 3.47. The molecular formula is C24H26FN3O4S. The van der Waals surface area contributed by atoms with E-state index in [0.717, 1.165) is 0 Å². The van der Waals surface area contributed by atoms with E-state index in [0.29, 0.717) is 11.3 Å². The quantitative estimate of drug-likeness (QED) is 0.400. The Balaban J connectivity index is 1.93. The third-order valence-electron chi connectivity index (χ3n) is 5.00. The summed E-state index contributed by atoms with van der Waals surface area (Å²) in [5, 5.41) is -0.105. The molecule has 0 radical (unpaired) electrons. The Morgan fingerprint density at radius 3 is 2.55 bits per heavy atom. The standard InChI is InChI=1S/C24H26FN3O4S/c1-3-13-28-20(16-26-24(28)33(30,31)18-19-9-5-4-6-10-19)17-27(14-15-32-2)23(29)21-11-7-8-12-22(21)25/h3-12,16H,1,13-15,17-18H2,2H3. The number of imidazole rings is 1. The van der Waals surface area contributed by atoms with Gasteiger partial charge in [-0.05, 0) is 17.7 Å². The molecule has 3 aromatic rings. The minimum atomic E-state index is -3.76. The average molecular weight is 472 g/mol. The molecule has 0 aliphatic carbocycles. The summed E-state index contributed by atoms with van der Waals surface area (Å²) in [6.45, 7) is 4.35. The molecule has 0 aliphatic heterocycles. The van der Waals surface area contributed by atoms with Crippen molar-refractivity contribution in [3.63, 3.8) is 0 Å². The van der Waals surface area contributed by atoms with Crippen LogP contribution in [0, 0.1) is 5.82 Å². The minimum Gasteiger partial charge on any atom is -0.383 e. The molecule has 174 valence electrons. The van der Waals surface area contributed by atoms with Gasteiger partial charge in [0.15, 0.2) is 0 Å². The van der Waals surface area contributed by atoms with Crippen molar-refractivity contribution in [3.8, 4) is 0 Å². The van der Waals surface area contributed by atoms with E-state index in [4.69, 9.17) is 4.74 Å². The van der Waals surface area contributed by atoms with E-state index in [9.17, 15) is 17.6 Å². The Bertz CT molecular complexity index is 1210. The van der Waals surface area contributed by atoms with Crippen LogP contribution in [0.4, 0.5) is 4.39 Å². The molecule has 33 heavy (non-hydrogen) atoms. The Morgan fingerprint density at radius 1 is 1.18 bits per heavy atom. The van der Waals surface area contributed by atoms with Crippen molar-refractivity contribution in [1.29, 1.82) is 0 Å². The molecule has 7 nitrogen and oxygen atoms in total. The number of carbonyl (C=O) groups excluding carboxylic acids is 1. The average Bonchev–Trinajstić information content (AvgIpc) is 3.20. The molecule has 0 bridgehead atoms. The van der Waals surface area contributed by atoms with Crippen LogP contribution in [0.5, 0.6) is 0 Å². The summed E-state index contributed by atoms with van der Waals surface area (Å²) in [7, 11) is -2.26. The summed E-state index contributed by atoms with van der Waals surface area (Å²) >= 11 is 0. The fraction of sp³-hybridized carbons (Fsp3) is 0.250. The van der Waals surface area contributed by atoms with Crippen molar-refractivity contribution in [2.45, 2.75) is 24.0 Å². The number of rotatable bonds is 11. The number of carbonyl (C=O) groups is 1. The first-order valence-corrected chi connectivity index (χ1v) is 12.0. The monoisotopic (exact) mass is 471 g/mol. The first-order chi connectivity index (χ1) is 15.9. The van der Waals surface area contributed by atoms with Crippen LogP contribution < -0.4 is 0 Å². The zero-order valence-corrected chi connectivity index (χ0v) is 19.2. The summed E-state index contributed by atoms with van der Waals surface area (Å²) < 4.78 is 47.1. The van der Waals surface area contributed by atoms with Gasteiger partial charge in [-0.3, -0.25) is 4.79 Å². The number of ether oxygens (including phenoxy) is 1. The van der Waals surface area contributed by atoms with Gasteiger partial charge < -0.3 is 14.2 Å². The van der Waals surface area contributed by atoms with Crippen LogP contribution in [0.3, 0.4) is 0 Å². The van der Waals surface area contributed by atoms with Gasteiger partial charge in [-0.15, -0.1) is 6.58 Å². The highest BCUT2D eigenvalue weighted by Crippen LogP contribution is 2.20. The Morgan fingerprint density at radius 2 is 1.88 bits per heavy atom. The van der Waals surface area contributed by atoms with Gasteiger partial charge in [0, 0.05) is 20.2 Å². The molecule has 1 heterocycles. The van der Waals surface area contributed by atoms with Crippen molar-refractivity contribution < 1.29 is 22.3 Å². The molecule has 0 aliphatic rings. The van der Waals surface area contributed by atoms with Crippen molar-refractivity contribution in [2.24, 2.45) is 0 Å². The van der Waals surface area contributed by atoms with Crippen molar-refractivity contribution in [3.05, 3.63) is 96.1 Å². The van der Waals surface area contributed by atoms with Gasteiger partial charge in [-0.1, -0.05) is 48.5 Å². The summed E-state index contributed by atoms with van der Waals surface area (Å²) in [6, 6.07) is 14.6. The minimum absolute atomic E-state index is 0.0260. The second-order valence-corrected chi connectivity index (χ2v) is 9.26. The van der Waals surface area contributed by atoms with Gasteiger partial charge in [0.1, 0.15) is 5.82 Å². The molecule has 1 amide bonds. The normalized spacial score (nSPS) is 11.3. The second kappa shape index (κ2) is 11.0. The van der Waals surface area contributed by atoms with Gasteiger partial charge >= 0.3 is 0 Å². The molecule has 0 unspecified atom stereocenters. The maximum absolute atomic E-state index is 14.2. The van der Waals surface area contributed by atoms with E-state index < -0.39 is 21.6 Å². The van der Waals surface area contributed by atoms with Crippen molar-refractivity contribution in [1.82, 2.24) is 14.5 Å². The molecule has 0 N–H and O–H groups in total. The zero-order valence-electron chi connectivity index (χ0n) is 18.4. The van der Waals surface area contributed by atoms with E-state index in [-0.39, 0.29) is 42.7 Å². The van der Waals surface area contributed by atoms with Crippen LogP contribution in [-0.2, 0) is 33.4 Å². The lowest BCUT2D eigenvalue weighted by Crippen LogP contribution is -2.34. The molecule has 9 heteroatoms. The number of methoxy groups -OCH3 is 1. The topological polar surface area (TPSA) is 81.5 Å². The van der Waals surface area contributed by atoms with Crippen LogP contribution in [0.1, 0.15) is 21.6 Å². The lowest BCUT2D eigenvalue weighted by atomic mass is 10.2. The van der Waals surface area contributed by atoms with Crippen LogP contribution >= 0.6 is 0 Å². The smallest absolute Gasteiger partial charge is 0.257 e. The molecule has 2 aromatic carbocycles. The second-order valence-electron chi connectivity index (χ2n) is 7.38. The van der Waals surface area contributed by atoms with Crippen molar-refractivity contribution in [2.75, 3.05) is 20.3 Å². The Kier molecular flexibility index (Phi) is 8.13. The SMILES string of the molecule is C=CCn1c(CN(CCOC)C(=O)c2ccccc2F)cnc1S(=O)(=O)Cc1ccccc1. The summed E-state index contributed by atoms with van der Waals surface area (Å²) in [5.74, 6) is -1.36. The van der Waals surface area contributed by atoms with Gasteiger partial charge in [0.25, 0.3) is 5.91 Å². The maximum Gasteiger partial charge on any atom is 0.257 e. The van der Waals surface area contributed by atoms with Crippen LogP contribution in [0.25, 0.3) is 0 Å². The lowest BCUT2D eigenvalue weighted by Gasteiger charge is -2.23. The third-order valence-corrected chi connectivity index (χ3v) is 6.60. The highest BCUT2D eigenvalue weighted by Gasteiger charge is 2.26. The number of aromatic nitrogens is 2. The molecule has 0 spiro atoms. The zero-order chi connectivity index (χ0) is 23.8. The third kappa shape index (κ3) is 5.94. The fourth-order valence-electron chi connectivity index (χ4n) is 3.40. The highest BCUT2D eigenvalue weighted by atomic mass is 32.2. The lowest BCUT2D eigenvalue weighted by molar-refractivity contribution is 0.0671. The molecule has 0 fully saturated rings. The first-order valence-electron chi connectivity index (χ1n) is 10.3. The van der Waals surface area contributed by atoms with Crippen LogP contribution in [0.2, 0.25) is 0 Å². The molecular weight excluding hydrogens is 445 g/mol. The predicted molar refractivity (Wildman–Crippen MR) is 123 cm³/mol. The van der Waals surface area contributed by atoms with Crippen molar-refractivity contribution >= 4 is 15.7 Å². The number of hydrogen-bond acceptors (Lipinski definition) is 5. The van der Waals surface area contributed by atoms with Crippen LogP contribution in [-0.4, -0.2) is 49.0 Å². The molecule has 3 rings (SSSR count). The number of halogens is 1. The number of allylic oxidation sites excluding steroid dienone is 1. The molecule has 1 aromatic heterocycles. The molecule has 0 saturated carbocycles. The van der Waals surface area contributed by atoms with E-state index in [1.54, 1.807) is 36.4 Å². The summed E-state index contributed by atoms with van der Waals surface area (Å²) in [5.41, 5.74) is 1.06. The Hall–Kier alpha value is -3.30. The number of amides is 1. The van der Waals surface area contributed by atoms with Gasteiger partial charge in [0.2, 0.25) is 15.0 Å². The number of benzene rings is 2. The summed E-state index contributed by atoms with van der Waals surface area (Å²) in [4.78, 5) is 18.6. The van der Waals surface area contributed by atoms with Crippen LogP contribution in [0.15, 0.2) is 78.6 Å². The highest BCUT2D eigenvalue weighted by molar-refractivity contribution is 7.90. The largest absolute Gasteiger partial charge is 0.383 e. The van der Waals surface area contributed by atoms with E-state index in [2.05, 4.69) is 11.6 Å². The fourth-order valence-corrected chi connectivity index (χ4v) is 4.90. The van der Waals surface area contributed by atoms with E-state index >= 15 is 0 Å². The summed E-state index contributed by atoms with van der Waals surface area (Å²) in [6.07, 6.45) is 2.99. The molecule has 0 saturated heterocycles. The number of nitrogens with zero attached hydrogens (tertiary/aromatic N) is 3. The maximum atomic E-state index is 14.2. The number of hydrogen-bond donors (Lipinski definition) is 0. The van der Waals surface area contributed by atoms with Gasteiger partial charge in [0.05, 0.1) is 36.4 Å². The van der Waals surface area contributed by atoms with E-state index in [1.165, 1.54) is 41.0 Å². The first kappa shape index (κ1) is 24.3. The van der Waals surface area contributed by atoms with Gasteiger partial charge in [-0.25, -0.2) is 17.8 Å².